The van der Waals surface area contributed by atoms with Gasteiger partial charge in [-0.1, -0.05) is 0 Å². The molecule has 17 heavy (non-hydrogen) atoms. The largest absolute Gasteiger partial charge is 0.462 e. The quantitative estimate of drug-likeness (QED) is 0.501. The Morgan fingerprint density at radius 2 is 2.29 bits per heavy atom. The Hall–Kier alpha value is -2.37. The molecule has 0 bridgehead atoms. The highest BCUT2D eigenvalue weighted by Gasteiger charge is 2.15. The van der Waals surface area contributed by atoms with Crippen LogP contribution >= 0.6 is 0 Å². The fourth-order valence-electron chi connectivity index (χ4n) is 1.60. The molecule has 2 rings (SSSR count). The lowest BCUT2D eigenvalue weighted by molar-refractivity contribution is -0.384. The van der Waals surface area contributed by atoms with E-state index < -0.39 is 10.9 Å². The first-order valence-corrected chi connectivity index (χ1v) is 5.06. The van der Waals surface area contributed by atoms with Crippen molar-refractivity contribution in [1.29, 1.82) is 0 Å². The Morgan fingerprint density at radius 1 is 1.53 bits per heavy atom. The van der Waals surface area contributed by atoms with E-state index in [4.69, 9.17) is 4.74 Å². The summed E-state index contributed by atoms with van der Waals surface area (Å²) in [6.07, 6.45) is 1.49. The van der Waals surface area contributed by atoms with Gasteiger partial charge in [-0.15, -0.1) is 0 Å². The van der Waals surface area contributed by atoms with Gasteiger partial charge in [-0.05, 0) is 13.0 Å². The first kappa shape index (κ1) is 11.1. The molecule has 2 aromatic rings. The number of carbonyl (C=O) groups is 1. The van der Waals surface area contributed by atoms with Gasteiger partial charge in [0.05, 0.1) is 17.1 Å². The topological polar surface area (TPSA) is 85.2 Å². The minimum atomic E-state index is -0.499. The summed E-state index contributed by atoms with van der Waals surface area (Å²) in [5.74, 6) is -0.487. The van der Waals surface area contributed by atoms with Gasteiger partial charge in [0, 0.05) is 29.2 Å². The van der Waals surface area contributed by atoms with Crippen molar-refractivity contribution >= 4 is 22.6 Å². The van der Waals surface area contributed by atoms with Crippen molar-refractivity contribution in [2.45, 2.75) is 6.92 Å². The van der Waals surface area contributed by atoms with E-state index in [0.29, 0.717) is 16.5 Å². The van der Waals surface area contributed by atoms with Gasteiger partial charge < -0.3 is 9.72 Å². The van der Waals surface area contributed by atoms with Gasteiger partial charge in [0.2, 0.25) is 0 Å². The van der Waals surface area contributed by atoms with Gasteiger partial charge in [0.15, 0.2) is 0 Å². The maximum Gasteiger partial charge on any atom is 0.340 e. The predicted octanol–water partition coefficient (Wildman–Crippen LogP) is 2.25. The highest BCUT2D eigenvalue weighted by Crippen LogP contribution is 2.24. The number of aromatic amines is 1. The molecule has 6 heteroatoms. The molecule has 88 valence electrons. The van der Waals surface area contributed by atoms with E-state index in [1.165, 1.54) is 18.3 Å². The molecule has 1 aromatic carbocycles. The number of nitrogens with zero attached hydrogens (tertiary/aromatic N) is 1. The van der Waals surface area contributed by atoms with E-state index in [0.717, 1.165) is 0 Å². The zero-order valence-electron chi connectivity index (χ0n) is 9.10. The molecule has 0 aliphatic carbocycles. The number of aromatic nitrogens is 1. The number of esters is 1. The van der Waals surface area contributed by atoms with Gasteiger partial charge in [-0.2, -0.15) is 0 Å². The number of nitro groups is 1. The Kier molecular flexibility index (Phi) is 2.78. The highest BCUT2D eigenvalue weighted by molar-refractivity contribution is 6.04. The molecule has 1 N–H and O–H groups in total. The summed E-state index contributed by atoms with van der Waals surface area (Å²) in [7, 11) is 0. The third kappa shape index (κ3) is 1.96. The zero-order chi connectivity index (χ0) is 12.4. The molecule has 0 atom stereocenters. The van der Waals surface area contributed by atoms with E-state index in [1.54, 1.807) is 13.0 Å². The summed E-state index contributed by atoms with van der Waals surface area (Å²) in [5.41, 5.74) is 0.923. The van der Waals surface area contributed by atoms with Crippen molar-refractivity contribution in [1.82, 2.24) is 4.98 Å². The number of H-pyrrole nitrogens is 1. The van der Waals surface area contributed by atoms with Crippen LogP contribution in [0.5, 0.6) is 0 Å². The maximum atomic E-state index is 11.6. The number of hydrogen-bond acceptors (Lipinski definition) is 4. The molecule has 0 aliphatic rings. The number of hydrogen-bond donors (Lipinski definition) is 1. The summed E-state index contributed by atoms with van der Waals surface area (Å²) in [6, 6.07) is 4.31. The number of carbonyl (C=O) groups excluding carboxylic acids is 1. The number of rotatable bonds is 3. The maximum absolute atomic E-state index is 11.6. The molecule has 1 aromatic heterocycles. The van der Waals surface area contributed by atoms with Crippen molar-refractivity contribution < 1.29 is 14.5 Å². The van der Waals surface area contributed by atoms with E-state index in [9.17, 15) is 14.9 Å². The fraction of sp³-hybridized carbons (Fsp3) is 0.182. The summed E-state index contributed by atoms with van der Waals surface area (Å²) in [6.45, 7) is 1.97. The number of non-ortho nitro benzene ring substituents is 1. The second-order valence-electron chi connectivity index (χ2n) is 3.41. The summed E-state index contributed by atoms with van der Waals surface area (Å²) in [4.78, 5) is 24.6. The summed E-state index contributed by atoms with van der Waals surface area (Å²) < 4.78 is 4.87. The Morgan fingerprint density at radius 3 is 2.94 bits per heavy atom. The van der Waals surface area contributed by atoms with Crippen LogP contribution in [-0.4, -0.2) is 22.5 Å². The summed E-state index contributed by atoms with van der Waals surface area (Å²) in [5, 5.41) is 11.2. The van der Waals surface area contributed by atoms with E-state index in [1.807, 2.05) is 0 Å². The second-order valence-corrected chi connectivity index (χ2v) is 3.41. The van der Waals surface area contributed by atoms with Crippen molar-refractivity contribution in [2.75, 3.05) is 6.61 Å². The standard InChI is InChI=1S/C11H10N2O4/c1-2-17-11(14)9-6-12-10-4-3-7(13(15)16)5-8(9)10/h3-6,12H,2H2,1H3. The molecule has 0 amide bonds. The van der Waals surface area contributed by atoms with Crippen LogP contribution in [-0.2, 0) is 4.74 Å². The SMILES string of the molecule is CCOC(=O)c1c[nH]c2ccc([N+](=O)[O-])cc12. The minimum absolute atomic E-state index is 0.0531. The van der Waals surface area contributed by atoms with Gasteiger partial charge in [0.25, 0.3) is 5.69 Å². The van der Waals surface area contributed by atoms with Crippen LogP contribution in [0.25, 0.3) is 10.9 Å². The third-order valence-corrected chi connectivity index (χ3v) is 2.37. The molecule has 0 saturated carbocycles. The molecule has 1 heterocycles. The van der Waals surface area contributed by atoms with E-state index in [-0.39, 0.29) is 12.3 Å². The molecule has 0 aliphatic heterocycles. The van der Waals surface area contributed by atoms with Crippen LogP contribution in [0, 0.1) is 10.1 Å². The van der Waals surface area contributed by atoms with Crippen LogP contribution in [0.3, 0.4) is 0 Å². The molecule has 6 nitrogen and oxygen atoms in total. The van der Waals surface area contributed by atoms with Crippen molar-refractivity contribution in [3.63, 3.8) is 0 Å². The molecular formula is C11H10N2O4. The Balaban J connectivity index is 2.54. The van der Waals surface area contributed by atoms with Crippen molar-refractivity contribution in [3.05, 3.63) is 40.1 Å². The number of nitrogens with one attached hydrogen (secondary N) is 1. The zero-order valence-corrected chi connectivity index (χ0v) is 9.10. The normalized spacial score (nSPS) is 10.4. The highest BCUT2D eigenvalue weighted by atomic mass is 16.6. The Bertz CT molecular complexity index is 588. The molecule has 0 spiro atoms. The second kappa shape index (κ2) is 4.25. The Labute approximate surface area is 96.3 Å². The number of benzene rings is 1. The van der Waals surface area contributed by atoms with E-state index >= 15 is 0 Å². The van der Waals surface area contributed by atoms with Crippen molar-refractivity contribution in [3.8, 4) is 0 Å². The first-order valence-electron chi connectivity index (χ1n) is 5.06. The molecule has 0 unspecified atom stereocenters. The summed E-state index contributed by atoms with van der Waals surface area (Å²) >= 11 is 0. The number of nitro benzene ring substituents is 1. The molecular weight excluding hydrogens is 224 g/mol. The minimum Gasteiger partial charge on any atom is -0.462 e. The number of ether oxygens (including phenoxy) is 1. The molecule has 0 radical (unpaired) electrons. The van der Waals surface area contributed by atoms with Crippen LogP contribution < -0.4 is 0 Å². The average Bonchev–Trinajstić information content (AvgIpc) is 2.71. The molecule has 0 saturated heterocycles. The van der Waals surface area contributed by atoms with Crippen molar-refractivity contribution in [2.24, 2.45) is 0 Å². The monoisotopic (exact) mass is 234 g/mol. The fourth-order valence-corrected chi connectivity index (χ4v) is 1.60. The van der Waals surface area contributed by atoms with Gasteiger partial charge in [0.1, 0.15) is 0 Å². The predicted molar refractivity (Wildman–Crippen MR) is 60.9 cm³/mol. The first-order chi connectivity index (χ1) is 8.13. The van der Waals surface area contributed by atoms with Gasteiger partial charge >= 0.3 is 5.97 Å². The number of fused-ring (bicyclic) bond motifs is 1. The van der Waals surface area contributed by atoms with Crippen LogP contribution in [0.2, 0.25) is 0 Å². The van der Waals surface area contributed by atoms with Gasteiger partial charge in [-0.25, -0.2) is 4.79 Å². The van der Waals surface area contributed by atoms with Crippen LogP contribution in [0.15, 0.2) is 24.4 Å². The average molecular weight is 234 g/mol. The van der Waals surface area contributed by atoms with Gasteiger partial charge in [-0.3, -0.25) is 10.1 Å². The van der Waals surface area contributed by atoms with Crippen LogP contribution in [0.4, 0.5) is 5.69 Å². The van der Waals surface area contributed by atoms with Crippen LogP contribution in [0.1, 0.15) is 17.3 Å². The lowest BCUT2D eigenvalue weighted by Crippen LogP contribution is -2.03. The smallest absolute Gasteiger partial charge is 0.340 e. The lowest BCUT2D eigenvalue weighted by Gasteiger charge is -1.99. The lowest BCUT2D eigenvalue weighted by atomic mass is 10.1. The molecule has 0 fully saturated rings. The van der Waals surface area contributed by atoms with E-state index in [2.05, 4.69) is 4.98 Å². The third-order valence-electron chi connectivity index (χ3n) is 2.37.